The van der Waals surface area contributed by atoms with Crippen molar-refractivity contribution in [1.82, 2.24) is 5.32 Å². The van der Waals surface area contributed by atoms with Crippen LogP contribution in [0.4, 0.5) is 11.4 Å². The summed E-state index contributed by atoms with van der Waals surface area (Å²) >= 11 is 3.56. The van der Waals surface area contributed by atoms with Gasteiger partial charge in [-0.15, -0.1) is 0 Å². The van der Waals surface area contributed by atoms with Crippen molar-refractivity contribution in [3.8, 4) is 0 Å². The molecule has 0 aromatic heterocycles. The number of rotatable bonds is 1. The average molecular weight is 388 g/mol. The number of hydrogen-bond donors (Lipinski definition) is 1. The van der Waals surface area contributed by atoms with Gasteiger partial charge in [-0.2, -0.15) is 0 Å². The van der Waals surface area contributed by atoms with Crippen molar-refractivity contribution in [3.63, 3.8) is 0 Å². The lowest BCUT2D eigenvalue weighted by atomic mass is 10.00. The Kier molecular flexibility index (Phi) is 4.44. The van der Waals surface area contributed by atoms with Gasteiger partial charge < -0.3 is 9.69 Å². The third kappa shape index (κ3) is 2.60. The summed E-state index contributed by atoms with van der Waals surface area (Å²) in [5.74, 6) is -0.477. The van der Waals surface area contributed by atoms with Crippen molar-refractivity contribution < 1.29 is 14.4 Å². The molecule has 24 heavy (non-hydrogen) atoms. The lowest BCUT2D eigenvalue weighted by Gasteiger charge is -2.34. The molecule has 2 heterocycles. The lowest BCUT2D eigenvalue weighted by molar-refractivity contribution is -0.133. The van der Waals surface area contributed by atoms with Gasteiger partial charge in [-0.25, -0.2) is 4.99 Å². The molecule has 1 unspecified atom stereocenters. The summed E-state index contributed by atoms with van der Waals surface area (Å²) in [5, 5.41) is 4.48. The van der Waals surface area contributed by atoms with E-state index in [4.69, 9.17) is 4.79 Å². The largest absolute Gasteiger partial charge is 0.319 e. The maximum atomic E-state index is 12.2. The van der Waals surface area contributed by atoms with E-state index in [0.717, 1.165) is 26.6 Å². The van der Waals surface area contributed by atoms with Crippen LogP contribution >= 0.6 is 15.9 Å². The summed E-state index contributed by atoms with van der Waals surface area (Å²) in [5.41, 5.74) is 1.83. The van der Waals surface area contributed by atoms with Crippen molar-refractivity contribution >= 4 is 63.0 Å². The zero-order chi connectivity index (χ0) is 17.3. The summed E-state index contributed by atoms with van der Waals surface area (Å²) in [7, 11) is 0. The van der Waals surface area contributed by atoms with Gasteiger partial charge in [0.05, 0.1) is 17.7 Å². The number of benzene rings is 2. The van der Waals surface area contributed by atoms with E-state index in [-0.39, 0.29) is 11.8 Å². The van der Waals surface area contributed by atoms with Crippen LogP contribution in [0.25, 0.3) is 10.8 Å². The van der Waals surface area contributed by atoms with Gasteiger partial charge in [0.25, 0.3) is 0 Å². The first-order chi connectivity index (χ1) is 11.6. The zero-order valence-electron chi connectivity index (χ0n) is 12.7. The predicted octanol–water partition coefficient (Wildman–Crippen LogP) is 2.70. The van der Waals surface area contributed by atoms with Crippen molar-refractivity contribution in [2.24, 2.45) is 4.99 Å². The normalized spacial score (nSPS) is 18.9. The van der Waals surface area contributed by atoms with E-state index in [1.54, 1.807) is 6.34 Å². The van der Waals surface area contributed by atoms with Crippen molar-refractivity contribution in [2.75, 3.05) is 4.90 Å². The number of nitrogens with one attached hydrogen (secondary N) is 1. The number of aliphatic imine (C=N–C) groups is 1. The quantitative estimate of drug-likeness (QED) is 0.762. The highest BCUT2D eigenvalue weighted by Crippen LogP contribution is 2.41. The van der Waals surface area contributed by atoms with Gasteiger partial charge in [0.2, 0.25) is 11.8 Å². The molecule has 0 spiro atoms. The van der Waals surface area contributed by atoms with Gasteiger partial charge in [0.1, 0.15) is 12.8 Å². The van der Waals surface area contributed by atoms with Crippen LogP contribution in [0.2, 0.25) is 0 Å². The van der Waals surface area contributed by atoms with Crippen LogP contribution in [0.3, 0.4) is 0 Å². The third-order valence-corrected chi connectivity index (χ3v) is 4.78. The van der Waals surface area contributed by atoms with Crippen LogP contribution in [0.5, 0.6) is 0 Å². The fraction of sp³-hybridized carbons (Fsp3) is 0.176. The lowest BCUT2D eigenvalue weighted by Crippen LogP contribution is -2.52. The molecule has 4 rings (SSSR count). The Balaban J connectivity index is 0.000000815. The second kappa shape index (κ2) is 6.52. The minimum Gasteiger partial charge on any atom is -0.319 e. The van der Waals surface area contributed by atoms with Crippen LogP contribution in [0, 0.1) is 0 Å². The van der Waals surface area contributed by atoms with Gasteiger partial charge in [-0.1, -0.05) is 28.1 Å². The van der Waals surface area contributed by atoms with E-state index in [0.29, 0.717) is 12.8 Å². The first kappa shape index (κ1) is 16.3. The number of nitrogens with zero attached hydrogens (tertiary/aromatic N) is 2. The van der Waals surface area contributed by atoms with Gasteiger partial charge in [0, 0.05) is 21.7 Å². The fourth-order valence-corrected chi connectivity index (χ4v) is 3.50. The van der Waals surface area contributed by atoms with Crippen LogP contribution in [-0.4, -0.2) is 31.0 Å². The van der Waals surface area contributed by atoms with Crippen LogP contribution in [0.1, 0.15) is 12.8 Å². The summed E-state index contributed by atoms with van der Waals surface area (Å²) in [6.45, 7) is 2.00. The molecule has 7 heteroatoms. The van der Waals surface area contributed by atoms with Gasteiger partial charge in [0.15, 0.2) is 0 Å². The molecular formula is C17H14BrN3O3. The van der Waals surface area contributed by atoms with Crippen LogP contribution in [0.15, 0.2) is 39.8 Å². The smallest absolute Gasteiger partial charge is 0.249 e. The van der Waals surface area contributed by atoms with Gasteiger partial charge >= 0.3 is 0 Å². The molecule has 122 valence electrons. The number of hydrogen-bond acceptors (Lipinski definition) is 5. The Hall–Kier alpha value is -2.54. The maximum Gasteiger partial charge on any atom is 0.249 e. The summed E-state index contributed by atoms with van der Waals surface area (Å²) in [6, 6.07) is 9.49. The number of carbonyl (C=O) groups excluding carboxylic acids is 3. The summed E-state index contributed by atoms with van der Waals surface area (Å²) in [4.78, 5) is 37.8. The second-order valence-electron chi connectivity index (χ2n) is 5.38. The number of halogens is 1. The Labute approximate surface area is 146 Å². The van der Waals surface area contributed by atoms with E-state index in [1.165, 1.54) is 0 Å². The Morgan fingerprint density at radius 2 is 2.00 bits per heavy atom. The number of piperidine rings is 1. The van der Waals surface area contributed by atoms with Crippen molar-refractivity contribution in [2.45, 2.75) is 18.9 Å². The highest BCUT2D eigenvalue weighted by molar-refractivity contribution is 9.10. The minimum atomic E-state index is -0.404. The first-order valence-electron chi connectivity index (χ1n) is 7.31. The van der Waals surface area contributed by atoms with Crippen molar-refractivity contribution in [1.29, 1.82) is 0 Å². The standard InChI is InChI=1S/C16H12BrN3O2.CH2O/c17-10-4-5-12-15-9(10)2-1-3-11(15)18-8-20(12)13-6-7-14(21)19-16(13)22;1-2/h1-5,8,13H,6-7H2,(H,19,21,22);1H2. The minimum absolute atomic E-state index is 0.212. The van der Waals surface area contributed by atoms with E-state index >= 15 is 0 Å². The Morgan fingerprint density at radius 1 is 1.21 bits per heavy atom. The molecule has 2 aromatic carbocycles. The maximum absolute atomic E-state index is 12.2. The molecule has 0 saturated carbocycles. The van der Waals surface area contributed by atoms with E-state index < -0.39 is 6.04 Å². The van der Waals surface area contributed by atoms with Crippen LogP contribution < -0.4 is 10.2 Å². The second-order valence-corrected chi connectivity index (χ2v) is 6.24. The molecule has 0 radical (unpaired) electrons. The fourth-order valence-electron chi connectivity index (χ4n) is 3.04. The highest BCUT2D eigenvalue weighted by Gasteiger charge is 2.33. The molecule has 1 atom stereocenters. The molecule has 0 aliphatic carbocycles. The van der Waals surface area contributed by atoms with Crippen molar-refractivity contribution in [3.05, 3.63) is 34.8 Å². The van der Waals surface area contributed by atoms with E-state index in [1.807, 2.05) is 42.0 Å². The molecule has 1 N–H and O–H groups in total. The molecule has 1 saturated heterocycles. The molecule has 2 aromatic rings. The molecule has 1 fully saturated rings. The molecule has 0 bridgehead atoms. The average Bonchev–Trinajstić information content (AvgIpc) is 2.60. The number of imide groups is 1. The third-order valence-electron chi connectivity index (χ3n) is 4.09. The van der Waals surface area contributed by atoms with Crippen LogP contribution in [-0.2, 0) is 14.4 Å². The molecule has 2 aliphatic heterocycles. The van der Waals surface area contributed by atoms with E-state index in [2.05, 4.69) is 26.2 Å². The number of amides is 2. The topological polar surface area (TPSA) is 78.8 Å². The van der Waals surface area contributed by atoms with Gasteiger partial charge in [-0.3, -0.25) is 14.9 Å². The molecule has 2 amide bonds. The van der Waals surface area contributed by atoms with E-state index in [9.17, 15) is 9.59 Å². The summed E-state index contributed by atoms with van der Waals surface area (Å²) in [6.07, 6.45) is 2.53. The zero-order valence-corrected chi connectivity index (χ0v) is 14.2. The SMILES string of the molecule is C=O.O=C1CCC(N2C=Nc3cccc4c(Br)ccc2c34)C(=O)N1. The number of carbonyl (C=O) groups is 3. The Bertz CT molecular complexity index is 866. The molecule has 2 aliphatic rings. The highest BCUT2D eigenvalue weighted by atomic mass is 79.9. The van der Waals surface area contributed by atoms with Gasteiger partial charge in [-0.05, 0) is 24.6 Å². The predicted molar refractivity (Wildman–Crippen MR) is 95.6 cm³/mol. The monoisotopic (exact) mass is 387 g/mol. The first-order valence-corrected chi connectivity index (χ1v) is 8.11. The molecular weight excluding hydrogens is 374 g/mol. The Morgan fingerprint density at radius 3 is 2.75 bits per heavy atom. The number of anilines is 1. The molecule has 6 nitrogen and oxygen atoms in total. The summed E-state index contributed by atoms with van der Waals surface area (Å²) < 4.78 is 0.994.